The van der Waals surface area contributed by atoms with Gasteiger partial charge in [0.1, 0.15) is 0 Å². The summed E-state index contributed by atoms with van der Waals surface area (Å²) in [5.41, 5.74) is 6.39. The summed E-state index contributed by atoms with van der Waals surface area (Å²) in [6, 6.07) is 0. The van der Waals surface area contributed by atoms with E-state index in [4.69, 9.17) is 10.5 Å². The lowest BCUT2D eigenvalue weighted by molar-refractivity contribution is -0.0109. The fourth-order valence-electron chi connectivity index (χ4n) is 2.73. The highest BCUT2D eigenvalue weighted by atomic mass is 16.5. The molecule has 0 aliphatic heterocycles. The van der Waals surface area contributed by atoms with Crippen molar-refractivity contribution < 1.29 is 4.74 Å². The van der Waals surface area contributed by atoms with E-state index in [0.717, 1.165) is 19.6 Å². The van der Waals surface area contributed by atoms with Crippen molar-refractivity contribution in [2.75, 3.05) is 47.9 Å². The molecule has 0 aromatic heterocycles. The molecule has 0 aromatic carbocycles. The summed E-state index contributed by atoms with van der Waals surface area (Å²) < 4.78 is 5.21. The van der Waals surface area contributed by atoms with Gasteiger partial charge in [0.05, 0.1) is 0 Å². The second-order valence-corrected chi connectivity index (χ2v) is 6.27. The molecule has 4 nitrogen and oxygen atoms in total. The maximum atomic E-state index is 5.99. The maximum Gasteiger partial charge on any atom is 0.0480 e. The van der Waals surface area contributed by atoms with E-state index in [9.17, 15) is 0 Å². The summed E-state index contributed by atoms with van der Waals surface area (Å²) in [5.74, 6) is 0. The third-order valence-electron chi connectivity index (χ3n) is 4.97. The number of nitrogens with zero attached hydrogens (tertiary/aromatic N) is 2. The number of nitrogens with two attached hydrogens (primary N) is 1. The molecular weight excluding hydrogens is 226 g/mol. The molecule has 0 radical (unpaired) electrons. The van der Waals surface area contributed by atoms with Crippen LogP contribution in [0, 0.1) is 0 Å². The monoisotopic (exact) mass is 257 g/mol. The summed E-state index contributed by atoms with van der Waals surface area (Å²) >= 11 is 0. The van der Waals surface area contributed by atoms with E-state index in [2.05, 4.69) is 37.9 Å². The number of hydrogen-bond donors (Lipinski definition) is 1. The minimum Gasteiger partial charge on any atom is -0.385 e. The highest BCUT2D eigenvalue weighted by Gasteiger charge is 2.42. The van der Waals surface area contributed by atoms with Crippen LogP contribution in [0.25, 0.3) is 0 Å². The lowest BCUT2D eigenvalue weighted by atomic mass is 9.74. The van der Waals surface area contributed by atoms with Gasteiger partial charge in [-0.2, -0.15) is 0 Å². The van der Waals surface area contributed by atoms with Crippen LogP contribution in [0.1, 0.15) is 32.6 Å². The fraction of sp³-hybridized carbons (Fsp3) is 1.00. The minimum absolute atomic E-state index is 0.0363. The van der Waals surface area contributed by atoms with Crippen molar-refractivity contribution in [3.05, 3.63) is 0 Å². The zero-order valence-corrected chi connectivity index (χ0v) is 12.8. The molecule has 1 atom stereocenters. The first-order valence-electron chi connectivity index (χ1n) is 6.98. The molecule has 0 amide bonds. The number of ether oxygens (including phenoxy) is 1. The standard InChI is InChI=1S/C14H31N3O/c1-13(11-15,9-10-18-5)17(4)12-14(16(2)3)7-6-8-14/h6-12,15H2,1-5H3. The first kappa shape index (κ1) is 15.9. The van der Waals surface area contributed by atoms with Crippen LogP contribution in [0.2, 0.25) is 0 Å². The van der Waals surface area contributed by atoms with Crippen LogP contribution < -0.4 is 5.73 Å². The van der Waals surface area contributed by atoms with Crippen LogP contribution in [0.3, 0.4) is 0 Å². The zero-order chi connectivity index (χ0) is 13.8. The Morgan fingerprint density at radius 2 is 1.89 bits per heavy atom. The van der Waals surface area contributed by atoms with Crippen LogP contribution in [-0.4, -0.2) is 68.8 Å². The SMILES string of the molecule is COCCC(C)(CN)N(C)CC1(N(C)C)CCC1. The molecule has 1 aliphatic rings. The quantitative estimate of drug-likeness (QED) is 0.708. The van der Waals surface area contributed by atoms with Gasteiger partial charge in [-0.05, 0) is 53.8 Å². The van der Waals surface area contributed by atoms with Gasteiger partial charge in [0.2, 0.25) is 0 Å². The smallest absolute Gasteiger partial charge is 0.0480 e. The van der Waals surface area contributed by atoms with Gasteiger partial charge < -0.3 is 15.4 Å². The third kappa shape index (κ3) is 3.23. The topological polar surface area (TPSA) is 41.7 Å². The number of methoxy groups -OCH3 is 1. The van der Waals surface area contributed by atoms with E-state index in [0.29, 0.717) is 12.1 Å². The molecule has 0 saturated heterocycles. The Kier molecular flexibility index (Phi) is 5.59. The molecule has 0 aromatic rings. The number of likely N-dealkylation sites (N-methyl/N-ethyl adjacent to an activating group) is 2. The summed E-state index contributed by atoms with van der Waals surface area (Å²) in [6.07, 6.45) is 4.94. The van der Waals surface area contributed by atoms with Gasteiger partial charge in [0, 0.05) is 37.9 Å². The molecule has 0 heterocycles. The number of hydrogen-bond acceptors (Lipinski definition) is 4. The first-order valence-corrected chi connectivity index (χ1v) is 6.98. The second-order valence-electron chi connectivity index (χ2n) is 6.27. The molecule has 1 rings (SSSR count). The summed E-state index contributed by atoms with van der Waals surface area (Å²) in [4.78, 5) is 4.82. The summed E-state index contributed by atoms with van der Waals surface area (Å²) in [6.45, 7) is 4.79. The zero-order valence-electron chi connectivity index (χ0n) is 12.8. The lowest BCUT2D eigenvalue weighted by Crippen LogP contribution is -2.62. The van der Waals surface area contributed by atoms with Crippen molar-refractivity contribution in [1.82, 2.24) is 9.80 Å². The molecule has 108 valence electrons. The third-order valence-corrected chi connectivity index (χ3v) is 4.97. The van der Waals surface area contributed by atoms with Gasteiger partial charge in [-0.1, -0.05) is 0 Å². The van der Waals surface area contributed by atoms with E-state index >= 15 is 0 Å². The van der Waals surface area contributed by atoms with Gasteiger partial charge >= 0.3 is 0 Å². The van der Waals surface area contributed by atoms with Gasteiger partial charge in [-0.15, -0.1) is 0 Å². The van der Waals surface area contributed by atoms with E-state index in [-0.39, 0.29) is 5.54 Å². The molecular formula is C14H31N3O. The van der Waals surface area contributed by atoms with Crippen LogP contribution in [0.15, 0.2) is 0 Å². The van der Waals surface area contributed by atoms with E-state index in [1.165, 1.54) is 19.3 Å². The van der Waals surface area contributed by atoms with Crippen molar-refractivity contribution in [1.29, 1.82) is 0 Å². The Hall–Kier alpha value is -0.160. The fourth-order valence-corrected chi connectivity index (χ4v) is 2.73. The van der Waals surface area contributed by atoms with Crippen LogP contribution in [-0.2, 0) is 4.74 Å². The average molecular weight is 257 g/mol. The highest BCUT2D eigenvalue weighted by Crippen LogP contribution is 2.38. The minimum atomic E-state index is 0.0363. The first-order chi connectivity index (χ1) is 8.40. The Morgan fingerprint density at radius 3 is 2.22 bits per heavy atom. The molecule has 1 fully saturated rings. The lowest BCUT2D eigenvalue weighted by Gasteiger charge is -2.52. The molecule has 1 unspecified atom stereocenters. The molecule has 1 aliphatic carbocycles. The van der Waals surface area contributed by atoms with Crippen LogP contribution in [0.4, 0.5) is 0 Å². The van der Waals surface area contributed by atoms with Gasteiger partial charge in [0.15, 0.2) is 0 Å². The van der Waals surface area contributed by atoms with Crippen molar-refractivity contribution in [2.24, 2.45) is 5.73 Å². The van der Waals surface area contributed by atoms with Gasteiger partial charge in [-0.3, -0.25) is 4.90 Å². The maximum absolute atomic E-state index is 5.99. The highest BCUT2D eigenvalue weighted by molar-refractivity contribution is 5.00. The van der Waals surface area contributed by atoms with Crippen LogP contribution in [0.5, 0.6) is 0 Å². The average Bonchev–Trinajstić information content (AvgIpc) is 2.29. The largest absolute Gasteiger partial charge is 0.385 e. The van der Waals surface area contributed by atoms with Crippen molar-refractivity contribution in [2.45, 2.75) is 43.7 Å². The summed E-state index contributed by atoms with van der Waals surface area (Å²) in [7, 11) is 8.35. The van der Waals surface area contributed by atoms with Gasteiger partial charge in [-0.25, -0.2) is 0 Å². The Labute approximate surface area is 112 Å². The van der Waals surface area contributed by atoms with Crippen LogP contribution >= 0.6 is 0 Å². The molecule has 0 bridgehead atoms. The molecule has 18 heavy (non-hydrogen) atoms. The Bertz CT molecular complexity index is 253. The normalized spacial score (nSPS) is 22.0. The predicted molar refractivity (Wildman–Crippen MR) is 76.9 cm³/mol. The van der Waals surface area contributed by atoms with E-state index < -0.39 is 0 Å². The van der Waals surface area contributed by atoms with Gasteiger partial charge in [0.25, 0.3) is 0 Å². The van der Waals surface area contributed by atoms with E-state index in [1.54, 1.807) is 7.11 Å². The molecule has 1 saturated carbocycles. The molecule has 4 heteroatoms. The number of rotatable bonds is 8. The predicted octanol–water partition coefficient (Wildman–Crippen LogP) is 1.16. The van der Waals surface area contributed by atoms with Crippen molar-refractivity contribution in [3.8, 4) is 0 Å². The van der Waals surface area contributed by atoms with Crippen molar-refractivity contribution >= 4 is 0 Å². The molecule has 0 spiro atoms. The Morgan fingerprint density at radius 1 is 1.28 bits per heavy atom. The van der Waals surface area contributed by atoms with E-state index in [1.807, 2.05) is 0 Å². The second kappa shape index (κ2) is 6.33. The Balaban J connectivity index is 2.63. The molecule has 2 N–H and O–H groups in total. The van der Waals surface area contributed by atoms with Crippen molar-refractivity contribution in [3.63, 3.8) is 0 Å². The summed E-state index contributed by atoms with van der Waals surface area (Å²) in [5, 5.41) is 0.